The Labute approximate surface area is 177 Å². The van der Waals surface area contributed by atoms with E-state index in [9.17, 15) is 15.0 Å². The zero-order valence-corrected chi connectivity index (χ0v) is 18.1. The van der Waals surface area contributed by atoms with E-state index in [4.69, 9.17) is 4.74 Å². The number of hydrogen-bond acceptors (Lipinski definition) is 4. The Balaban J connectivity index is 0.00000280. The predicted octanol–water partition coefficient (Wildman–Crippen LogP) is 1.53. The summed E-state index contributed by atoms with van der Waals surface area (Å²) in [5, 5.41) is 12.4. The molecular weight excluding hydrogens is 528 g/mol. The molecule has 2 aromatic rings. The zero-order chi connectivity index (χ0) is 19.2. The second kappa shape index (κ2) is 9.95. The maximum Gasteiger partial charge on any atom is 2.00 e. The van der Waals surface area contributed by atoms with E-state index in [1.54, 1.807) is 25.4 Å². The van der Waals surface area contributed by atoms with Crippen LogP contribution in [0.2, 0.25) is 0 Å². The van der Waals surface area contributed by atoms with E-state index >= 15 is 0 Å². The minimum Gasteiger partial charge on any atom is -0.900 e. The second-order valence-electron chi connectivity index (χ2n) is 5.96. The number of anilines is 1. The van der Waals surface area contributed by atoms with E-state index in [2.05, 4.69) is 16.4 Å². The van der Waals surface area contributed by atoms with Gasteiger partial charge in [0.25, 0.3) is 5.91 Å². The first kappa shape index (κ1) is 21.5. The molecule has 8 heteroatoms. The molecule has 28 heavy (non-hydrogen) atoms. The summed E-state index contributed by atoms with van der Waals surface area (Å²) < 4.78 is 5.57. The molecule has 142 valence electrons. The number of ether oxygens (including phenoxy) is 1. The molecule has 0 aliphatic carbocycles. The number of hydrogen-bond donors (Lipinski definition) is 1. The van der Waals surface area contributed by atoms with Gasteiger partial charge in [-0.05, 0) is 12.1 Å². The van der Waals surface area contributed by atoms with E-state index in [-0.39, 0.29) is 33.6 Å². The minimum absolute atomic E-state index is 0. The maximum absolute atomic E-state index is 12.5. The molecule has 1 aromatic carbocycles. The molecule has 1 aliphatic rings. The summed E-state index contributed by atoms with van der Waals surface area (Å²) in [5.74, 6) is -0.325. The van der Waals surface area contributed by atoms with Gasteiger partial charge in [0.1, 0.15) is 18.6 Å². The summed E-state index contributed by atoms with van der Waals surface area (Å²) in [7, 11) is 1.55. The number of aromatic nitrogens is 1. The topological polar surface area (TPSA) is 93.8 Å². The van der Waals surface area contributed by atoms with Gasteiger partial charge < -0.3 is 15.5 Å². The molecule has 0 saturated heterocycles. The molecule has 1 aromatic heterocycles. The molecule has 1 aliphatic heterocycles. The fourth-order valence-electron chi connectivity index (χ4n) is 2.59. The van der Waals surface area contributed by atoms with Crippen molar-refractivity contribution in [2.24, 2.45) is 0 Å². The van der Waals surface area contributed by atoms with Crippen LogP contribution in [0.5, 0.6) is 5.75 Å². The van der Waals surface area contributed by atoms with Crippen LogP contribution in [0.15, 0.2) is 54.7 Å². The Morgan fingerprint density at radius 2 is 2.11 bits per heavy atom. The second-order valence-corrected chi connectivity index (χ2v) is 5.96. The number of carbonyl (C=O) groups is 2. The predicted molar refractivity (Wildman–Crippen MR) is 101 cm³/mol. The first-order valence-corrected chi connectivity index (χ1v) is 8.39. The number of pyridine rings is 1. The average Bonchev–Trinajstić information content (AvgIpc) is 2.81. The quantitative estimate of drug-likeness (QED) is 0.455. The number of nitrogens with one attached hydrogen (secondary N) is 1. The van der Waals surface area contributed by atoms with E-state index in [1.165, 1.54) is 11.0 Å². The third-order valence-corrected chi connectivity index (χ3v) is 4.03. The Kier molecular flexibility index (Phi) is 7.64. The number of benzene rings is 1. The minimum atomic E-state index is -0.943. The maximum atomic E-state index is 12.5. The molecule has 0 bridgehead atoms. The molecule has 1 atom stereocenters. The number of amides is 2. The summed E-state index contributed by atoms with van der Waals surface area (Å²) in [6.07, 6.45) is 6.06. The molecule has 1 N–H and O–H groups in total. The smallest absolute Gasteiger partial charge is 0.900 e. The van der Waals surface area contributed by atoms with Crippen molar-refractivity contribution in [2.75, 3.05) is 18.6 Å². The van der Waals surface area contributed by atoms with Gasteiger partial charge in [0, 0.05) is 13.2 Å². The normalized spacial score (nSPS) is 15.8. The van der Waals surface area contributed by atoms with Gasteiger partial charge in [-0.15, -0.1) is 0 Å². The molecule has 2 heterocycles. The first-order chi connectivity index (χ1) is 13.1. The standard InChI is InChI=1S/C20H18N4O3.W/c1-24-18-17(11-6-12-22-18)27-13-16(20(24)26)23-19(25)15(21)10-5-9-14-7-3-2-4-8-14;/h2-4,6-8,10-12,16H,9,13H2,1H3,(H,23,25);/q-2;+2. The Morgan fingerprint density at radius 1 is 1.36 bits per heavy atom. The third-order valence-electron chi connectivity index (χ3n) is 4.03. The summed E-state index contributed by atoms with van der Waals surface area (Å²) >= 11 is 0. The Hall–Kier alpha value is -2.79. The molecule has 0 fully saturated rings. The van der Waals surface area contributed by atoms with Crippen molar-refractivity contribution in [1.82, 2.24) is 10.3 Å². The van der Waals surface area contributed by atoms with Crippen LogP contribution in [-0.4, -0.2) is 42.2 Å². The van der Waals surface area contributed by atoms with Crippen molar-refractivity contribution in [1.29, 1.82) is 0 Å². The molecule has 0 radical (unpaired) electrons. The largest absolute Gasteiger partial charge is 2.00 e. The Bertz CT molecular complexity index is 886. The molecule has 3 rings (SSSR count). The first-order valence-electron chi connectivity index (χ1n) is 8.39. The van der Waals surface area contributed by atoms with Crippen LogP contribution in [0.25, 0.3) is 5.41 Å². The molecule has 0 saturated carbocycles. The summed E-state index contributed by atoms with van der Waals surface area (Å²) in [4.78, 5) is 30.2. The van der Waals surface area contributed by atoms with Crippen molar-refractivity contribution in [3.05, 3.63) is 71.8 Å². The summed E-state index contributed by atoms with van der Waals surface area (Å²) in [5.41, 5.74) is 0.475. The summed E-state index contributed by atoms with van der Waals surface area (Å²) in [6, 6.07) is 12.0. The van der Waals surface area contributed by atoms with Gasteiger partial charge in [0.05, 0.1) is 0 Å². The van der Waals surface area contributed by atoms with Gasteiger partial charge in [-0.3, -0.25) is 32.4 Å². The van der Waals surface area contributed by atoms with Crippen molar-refractivity contribution < 1.29 is 35.4 Å². The van der Waals surface area contributed by atoms with Crippen molar-refractivity contribution >= 4 is 23.3 Å². The van der Waals surface area contributed by atoms with Crippen LogP contribution in [0, 0.1) is 6.08 Å². The fourth-order valence-corrected chi connectivity index (χ4v) is 2.59. The molecular formula is C20H18N4O3W. The van der Waals surface area contributed by atoms with Crippen molar-refractivity contribution in [3.63, 3.8) is 0 Å². The van der Waals surface area contributed by atoms with E-state index in [1.807, 2.05) is 30.3 Å². The van der Waals surface area contributed by atoms with Gasteiger partial charge >= 0.3 is 21.1 Å². The number of allylic oxidation sites excluding steroid dienone is 1. The van der Waals surface area contributed by atoms with Crippen molar-refractivity contribution in [2.45, 2.75) is 12.5 Å². The van der Waals surface area contributed by atoms with E-state index < -0.39 is 17.7 Å². The van der Waals surface area contributed by atoms with Gasteiger partial charge in [0.2, 0.25) is 0 Å². The SMILES string of the molecule is CN1C(=O)C(NC(=O)C(=[N-])C=[C-]Cc2ccccc2)COc2cccnc21.[W+2]. The number of nitrogens with zero attached hydrogens (tertiary/aromatic N) is 3. The van der Waals surface area contributed by atoms with Gasteiger partial charge in [-0.2, -0.15) is 0 Å². The summed E-state index contributed by atoms with van der Waals surface area (Å²) in [6.45, 7) is -0.0572. The Morgan fingerprint density at radius 3 is 2.86 bits per heavy atom. The molecule has 1 unspecified atom stereocenters. The fraction of sp³-hybridized carbons (Fsp3) is 0.200. The van der Waals surface area contributed by atoms with Gasteiger partial charge in [0.15, 0.2) is 11.6 Å². The van der Waals surface area contributed by atoms with Gasteiger partial charge in [-0.25, -0.2) is 4.98 Å². The number of rotatable bonds is 5. The van der Waals surface area contributed by atoms with Crippen LogP contribution in [0.1, 0.15) is 5.56 Å². The monoisotopic (exact) mass is 546 g/mol. The van der Waals surface area contributed by atoms with Crippen LogP contribution in [0.3, 0.4) is 0 Å². The molecule has 2 amide bonds. The molecule has 0 spiro atoms. The van der Waals surface area contributed by atoms with Gasteiger partial charge in [-0.1, -0.05) is 42.3 Å². The van der Waals surface area contributed by atoms with E-state index in [0.29, 0.717) is 18.0 Å². The average molecular weight is 546 g/mol. The van der Waals surface area contributed by atoms with Crippen LogP contribution in [0.4, 0.5) is 5.82 Å². The molecule has 7 nitrogen and oxygen atoms in total. The number of carbonyl (C=O) groups excluding carboxylic acids is 2. The van der Waals surface area contributed by atoms with E-state index in [0.717, 1.165) is 5.56 Å². The zero-order valence-electron chi connectivity index (χ0n) is 15.2. The number of likely N-dealkylation sites (N-methyl/N-ethyl adjacent to an activating group) is 1. The number of fused-ring (bicyclic) bond motifs is 1. The van der Waals surface area contributed by atoms with Crippen molar-refractivity contribution in [3.8, 4) is 5.75 Å². The van der Waals surface area contributed by atoms with Crippen LogP contribution >= 0.6 is 0 Å². The third kappa shape index (κ3) is 5.14. The van der Waals surface area contributed by atoms with Crippen LogP contribution in [-0.2, 0) is 37.1 Å². The van der Waals surface area contributed by atoms with Crippen LogP contribution < -0.4 is 15.0 Å².